The minimum atomic E-state index is -4.79. The van der Waals surface area contributed by atoms with Crippen molar-refractivity contribution in [3.05, 3.63) is 6.42 Å². The Balaban J connectivity index is 2.85. The van der Waals surface area contributed by atoms with Crippen LogP contribution >= 0.6 is 0 Å². The van der Waals surface area contributed by atoms with E-state index in [1.807, 2.05) is 0 Å². The van der Waals surface area contributed by atoms with Crippen molar-refractivity contribution in [2.24, 2.45) is 17.8 Å². The molecule has 1 radical (unpaired) electrons. The lowest BCUT2D eigenvalue weighted by Crippen LogP contribution is -2.42. The summed E-state index contributed by atoms with van der Waals surface area (Å²) in [5.74, 6) is -4.95. The third-order valence-corrected chi connectivity index (χ3v) is 2.68. The second-order valence-corrected chi connectivity index (χ2v) is 4.03. The first kappa shape index (κ1) is 12.6. The molecule has 0 aliphatic heterocycles. The van der Waals surface area contributed by atoms with E-state index in [0.717, 1.165) is 6.42 Å². The minimum Gasteiger partial charge on any atom is -0.171 e. The first-order chi connectivity index (χ1) is 6.62. The fourth-order valence-corrected chi connectivity index (χ4v) is 1.92. The maximum atomic E-state index is 12.4. The Morgan fingerprint density at radius 3 is 1.93 bits per heavy atom. The van der Waals surface area contributed by atoms with E-state index in [1.54, 1.807) is 0 Å². The molecule has 0 heterocycles. The number of halogens is 6. The van der Waals surface area contributed by atoms with Crippen molar-refractivity contribution < 1.29 is 26.3 Å². The molecule has 15 heavy (non-hydrogen) atoms. The predicted molar refractivity (Wildman–Crippen MR) is 41.8 cm³/mol. The van der Waals surface area contributed by atoms with Gasteiger partial charge in [-0.2, -0.15) is 26.3 Å². The van der Waals surface area contributed by atoms with E-state index < -0.39 is 30.6 Å². The van der Waals surface area contributed by atoms with Crippen LogP contribution in [0.2, 0.25) is 0 Å². The van der Waals surface area contributed by atoms with Crippen LogP contribution in [0.25, 0.3) is 0 Å². The lowest BCUT2D eigenvalue weighted by Gasteiger charge is -2.36. The molecule has 0 saturated heterocycles. The number of hydrogen-bond donors (Lipinski definition) is 0. The summed E-state index contributed by atoms with van der Waals surface area (Å²) in [5, 5.41) is 0. The highest BCUT2D eigenvalue weighted by atomic mass is 19.4. The zero-order valence-electron chi connectivity index (χ0n) is 7.99. The fraction of sp³-hybridized carbons (Fsp3) is 0.889. The Labute approximate surface area is 83.6 Å². The summed E-state index contributed by atoms with van der Waals surface area (Å²) in [6.07, 6.45) is -9.15. The van der Waals surface area contributed by atoms with Crippen LogP contribution in [0, 0.1) is 24.2 Å². The van der Waals surface area contributed by atoms with E-state index in [9.17, 15) is 26.3 Å². The van der Waals surface area contributed by atoms with Gasteiger partial charge in [0.1, 0.15) is 0 Å². The first-order valence-electron chi connectivity index (χ1n) is 4.59. The van der Waals surface area contributed by atoms with Crippen molar-refractivity contribution >= 4 is 0 Å². The summed E-state index contributed by atoms with van der Waals surface area (Å²) in [5.41, 5.74) is 0. The largest absolute Gasteiger partial charge is 0.392 e. The Hall–Kier alpha value is -0.420. The molecule has 3 atom stereocenters. The smallest absolute Gasteiger partial charge is 0.171 e. The summed E-state index contributed by atoms with van der Waals surface area (Å²) in [4.78, 5) is 0. The molecule has 0 aromatic rings. The highest BCUT2D eigenvalue weighted by Crippen LogP contribution is 2.49. The highest BCUT2D eigenvalue weighted by Gasteiger charge is 2.56. The van der Waals surface area contributed by atoms with E-state index in [0.29, 0.717) is 0 Å². The molecule has 0 spiro atoms. The van der Waals surface area contributed by atoms with Gasteiger partial charge in [-0.25, -0.2) is 0 Å². The Bertz CT molecular complexity index is 216. The monoisotopic (exact) mass is 233 g/mol. The fourth-order valence-electron chi connectivity index (χ4n) is 1.92. The zero-order chi connectivity index (χ0) is 11.9. The predicted octanol–water partition coefficient (Wildman–Crippen LogP) is 3.98. The SMILES string of the molecule is CC1C[CH]C(C(F)(F)F)C(C(F)(F)F)C1. The Kier molecular flexibility index (Phi) is 3.26. The van der Waals surface area contributed by atoms with E-state index in [-0.39, 0.29) is 12.3 Å². The molecule has 6 heteroatoms. The van der Waals surface area contributed by atoms with Gasteiger partial charge in [0.25, 0.3) is 0 Å². The van der Waals surface area contributed by atoms with Gasteiger partial charge in [-0.05, 0) is 25.2 Å². The molecule has 0 aromatic heterocycles. The van der Waals surface area contributed by atoms with E-state index in [4.69, 9.17) is 0 Å². The third-order valence-electron chi connectivity index (χ3n) is 2.68. The maximum absolute atomic E-state index is 12.4. The molecule has 1 saturated carbocycles. The second-order valence-electron chi connectivity index (χ2n) is 4.03. The summed E-state index contributed by atoms with van der Waals surface area (Å²) in [7, 11) is 0. The molecule has 89 valence electrons. The van der Waals surface area contributed by atoms with E-state index in [2.05, 4.69) is 0 Å². The van der Waals surface area contributed by atoms with Crippen LogP contribution in [0.5, 0.6) is 0 Å². The van der Waals surface area contributed by atoms with Crippen LogP contribution in [-0.2, 0) is 0 Å². The molecular weight excluding hydrogens is 222 g/mol. The van der Waals surface area contributed by atoms with Crippen LogP contribution < -0.4 is 0 Å². The van der Waals surface area contributed by atoms with Gasteiger partial charge in [0.2, 0.25) is 0 Å². The average molecular weight is 233 g/mol. The normalized spacial score (nSPS) is 34.2. The number of rotatable bonds is 0. The quantitative estimate of drug-likeness (QED) is 0.555. The molecule has 1 aliphatic carbocycles. The molecule has 1 fully saturated rings. The molecule has 0 aromatic carbocycles. The van der Waals surface area contributed by atoms with Gasteiger partial charge < -0.3 is 0 Å². The lowest BCUT2D eigenvalue weighted by atomic mass is 9.74. The molecule has 1 rings (SSSR count). The van der Waals surface area contributed by atoms with E-state index in [1.165, 1.54) is 6.92 Å². The summed E-state index contributed by atoms with van der Waals surface area (Å²) in [6, 6.07) is 0. The molecule has 0 bridgehead atoms. The zero-order valence-corrected chi connectivity index (χ0v) is 7.99. The molecule has 0 nitrogen and oxygen atoms in total. The molecule has 0 amide bonds. The Morgan fingerprint density at radius 2 is 1.53 bits per heavy atom. The van der Waals surface area contributed by atoms with Gasteiger partial charge >= 0.3 is 12.4 Å². The topological polar surface area (TPSA) is 0 Å². The second kappa shape index (κ2) is 3.87. The van der Waals surface area contributed by atoms with Gasteiger partial charge in [0, 0.05) is 0 Å². The first-order valence-corrected chi connectivity index (χ1v) is 4.59. The van der Waals surface area contributed by atoms with Gasteiger partial charge in [-0.3, -0.25) is 0 Å². The van der Waals surface area contributed by atoms with Gasteiger partial charge in [0.15, 0.2) is 0 Å². The van der Waals surface area contributed by atoms with Crippen LogP contribution in [0.4, 0.5) is 26.3 Å². The van der Waals surface area contributed by atoms with Crippen molar-refractivity contribution in [2.45, 2.75) is 32.1 Å². The Morgan fingerprint density at radius 1 is 1.00 bits per heavy atom. The lowest BCUT2D eigenvalue weighted by molar-refractivity contribution is -0.254. The van der Waals surface area contributed by atoms with Crippen molar-refractivity contribution in [2.75, 3.05) is 0 Å². The van der Waals surface area contributed by atoms with Crippen LogP contribution in [0.1, 0.15) is 19.8 Å². The summed E-state index contributed by atoms with van der Waals surface area (Å²) in [6.45, 7) is 1.53. The van der Waals surface area contributed by atoms with Gasteiger partial charge in [-0.15, -0.1) is 0 Å². The number of alkyl halides is 6. The summed E-state index contributed by atoms with van der Waals surface area (Å²) >= 11 is 0. The minimum absolute atomic E-state index is 0.0940. The third kappa shape index (κ3) is 3.01. The highest BCUT2D eigenvalue weighted by molar-refractivity contribution is 4.96. The molecule has 3 unspecified atom stereocenters. The van der Waals surface area contributed by atoms with Gasteiger partial charge in [-0.1, -0.05) is 6.92 Å². The van der Waals surface area contributed by atoms with Crippen molar-refractivity contribution in [1.29, 1.82) is 0 Å². The van der Waals surface area contributed by atoms with Crippen molar-refractivity contribution in [3.8, 4) is 0 Å². The van der Waals surface area contributed by atoms with Crippen LogP contribution in [-0.4, -0.2) is 12.4 Å². The van der Waals surface area contributed by atoms with Crippen molar-refractivity contribution in [3.63, 3.8) is 0 Å². The molecule has 0 N–H and O–H groups in total. The maximum Gasteiger partial charge on any atom is 0.392 e. The van der Waals surface area contributed by atoms with Crippen LogP contribution in [0.15, 0.2) is 0 Å². The van der Waals surface area contributed by atoms with Crippen LogP contribution in [0.3, 0.4) is 0 Å². The summed E-state index contributed by atoms with van der Waals surface area (Å²) < 4.78 is 74.1. The van der Waals surface area contributed by atoms with Crippen molar-refractivity contribution in [1.82, 2.24) is 0 Å². The molecule has 1 aliphatic rings. The van der Waals surface area contributed by atoms with E-state index >= 15 is 0 Å². The standard InChI is InChI=1S/C9H11F6/c1-5-2-3-6(8(10,11)12)7(4-5)9(13,14)15/h3,5-7H,2,4H2,1H3. The molecular formula is C9H11F6. The average Bonchev–Trinajstić information content (AvgIpc) is 2.00. The number of hydrogen-bond acceptors (Lipinski definition) is 0. The van der Waals surface area contributed by atoms with Gasteiger partial charge in [0.05, 0.1) is 11.8 Å².